The second kappa shape index (κ2) is 5.66. The predicted octanol–water partition coefficient (Wildman–Crippen LogP) is 3.61. The van der Waals surface area contributed by atoms with Gasteiger partial charge in [0.05, 0.1) is 4.92 Å². The van der Waals surface area contributed by atoms with Crippen molar-refractivity contribution in [3.8, 4) is 0 Å². The van der Waals surface area contributed by atoms with Crippen LogP contribution in [0.5, 0.6) is 0 Å². The number of nitro groups is 1. The topological polar surface area (TPSA) is 55.2 Å². The lowest BCUT2D eigenvalue weighted by molar-refractivity contribution is -0.384. The van der Waals surface area contributed by atoms with E-state index in [-0.39, 0.29) is 10.6 Å². The first-order chi connectivity index (χ1) is 7.90. The van der Waals surface area contributed by atoms with E-state index in [4.69, 9.17) is 0 Å². The largest absolute Gasteiger partial charge is 0.385 e. The predicted molar refractivity (Wildman–Crippen MR) is 70.3 cm³/mol. The molecule has 1 aromatic carbocycles. The van der Waals surface area contributed by atoms with Crippen molar-refractivity contribution in [1.29, 1.82) is 0 Å². The van der Waals surface area contributed by atoms with Crippen molar-refractivity contribution >= 4 is 11.4 Å². The van der Waals surface area contributed by atoms with Crippen LogP contribution in [0.3, 0.4) is 0 Å². The molecule has 0 aliphatic heterocycles. The van der Waals surface area contributed by atoms with Crippen LogP contribution in [0.2, 0.25) is 0 Å². The van der Waals surface area contributed by atoms with Gasteiger partial charge in [-0.25, -0.2) is 0 Å². The summed E-state index contributed by atoms with van der Waals surface area (Å²) in [5, 5.41) is 14.0. The Morgan fingerprint density at radius 1 is 1.29 bits per heavy atom. The van der Waals surface area contributed by atoms with E-state index < -0.39 is 0 Å². The van der Waals surface area contributed by atoms with E-state index in [0.29, 0.717) is 11.8 Å². The van der Waals surface area contributed by atoms with Gasteiger partial charge < -0.3 is 5.32 Å². The molecule has 0 aliphatic carbocycles. The summed E-state index contributed by atoms with van der Waals surface area (Å²) in [6.07, 6.45) is 0. The van der Waals surface area contributed by atoms with E-state index in [2.05, 4.69) is 26.1 Å². The van der Waals surface area contributed by atoms with Crippen molar-refractivity contribution in [2.75, 3.05) is 11.9 Å². The molecule has 1 N–H and O–H groups in total. The van der Waals surface area contributed by atoms with Gasteiger partial charge in [-0.15, -0.1) is 0 Å². The van der Waals surface area contributed by atoms with Gasteiger partial charge in [0.2, 0.25) is 0 Å². The van der Waals surface area contributed by atoms with Crippen molar-refractivity contribution in [3.63, 3.8) is 0 Å². The second-order valence-electron chi connectivity index (χ2n) is 4.92. The van der Waals surface area contributed by atoms with E-state index in [1.54, 1.807) is 12.1 Å². The molecule has 0 saturated heterocycles. The Morgan fingerprint density at radius 3 is 2.47 bits per heavy atom. The van der Waals surface area contributed by atoms with Crippen LogP contribution in [0, 0.1) is 28.9 Å². The Kier molecular flexibility index (Phi) is 4.49. The van der Waals surface area contributed by atoms with Crippen molar-refractivity contribution in [2.45, 2.75) is 27.7 Å². The summed E-state index contributed by atoms with van der Waals surface area (Å²) < 4.78 is 0. The number of hydrogen-bond donors (Lipinski definition) is 1. The molecule has 94 valence electrons. The van der Waals surface area contributed by atoms with Crippen molar-refractivity contribution < 1.29 is 4.92 Å². The van der Waals surface area contributed by atoms with E-state index in [1.807, 2.05) is 13.0 Å². The average molecular weight is 236 g/mol. The maximum absolute atomic E-state index is 10.7. The van der Waals surface area contributed by atoms with Gasteiger partial charge in [0.15, 0.2) is 0 Å². The van der Waals surface area contributed by atoms with E-state index >= 15 is 0 Å². The zero-order chi connectivity index (χ0) is 13.0. The molecule has 0 heterocycles. The van der Waals surface area contributed by atoms with Crippen LogP contribution in [-0.4, -0.2) is 11.5 Å². The third-order valence-electron chi connectivity index (χ3n) is 3.04. The molecule has 4 heteroatoms. The summed E-state index contributed by atoms with van der Waals surface area (Å²) >= 11 is 0. The molecule has 0 spiro atoms. The highest BCUT2D eigenvalue weighted by Crippen LogP contribution is 2.21. The van der Waals surface area contributed by atoms with Gasteiger partial charge in [-0.05, 0) is 30.4 Å². The third kappa shape index (κ3) is 4.06. The van der Waals surface area contributed by atoms with Crippen LogP contribution in [0.1, 0.15) is 26.3 Å². The minimum atomic E-state index is -0.357. The third-order valence-corrected chi connectivity index (χ3v) is 3.04. The molecule has 0 saturated carbocycles. The average Bonchev–Trinajstić information content (AvgIpc) is 2.24. The fourth-order valence-corrected chi connectivity index (χ4v) is 1.48. The Bertz CT molecular complexity index is 402. The monoisotopic (exact) mass is 236 g/mol. The number of non-ortho nitro benzene ring substituents is 1. The van der Waals surface area contributed by atoms with Gasteiger partial charge in [-0.2, -0.15) is 0 Å². The zero-order valence-electron chi connectivity index (χ0n) is 10.9. The van der Waals surface area contributed by atoms with E-state index in [9.17, 15) is 10.1 Å². The maximum Gasteiger partial charge on any atom is 0.271 e. The van der Waals surface area contributed by atoms with Crippen LogP contribution in [0.15, 0.2) is 18.2 Å². The van der Waals surface area contributed by atoms with E-state index in [1.165, 1.54) is 0 Å². The fourth-order valence-electron chi connectivity index (χ4n) is 1.48. The van der Waals surface area contributed by atoms with Gasteiger partial charge in [0.25, 0.3) is 5.69 Å². The van der Waals surface area contributed by atoms with Crippen LogP contribution in [0.4, 0.5) is 11.4 Å². The number of anilines is 1. The number of nitrogens with one attached hydrogen (secondary N) is 1. The van der Waals surface area contributed by atoms with Gasteiger partial charge in [-0.3, -0.25) is 10.1 Å². The molecule has 4 nitrogen and oxygen atoms in total. The number of nitrogens with zero attached hydrogens (tertiary/aromatic N) is 1. The summed E-state index contributed by atoms with van der Waals surface area (Å²) in [6, 6.07) is 5.09. The van der Waals surface area contributed by atoms with Crippen molar-refractivity contribution in [2.24, 2.45) is 11.8 Å². The highest BCUT2D eigenvalue weighted by molar-refractivity contribution is 5.53. The van der Waals surface area contributed by atoms with Gasteiger partial charge >= 0.3 is 0 Å². The number of nitro benzene ring substituents is 1. The molecule has 0 amide bonds. The molecule has 1 unspecified atom stereocenters. The summed E-state index contributed by atoms with van der Waals surface area (Å²) in [6.45, 7) is 9.21. The molecular weight excluding hydrogens is 216 g/mol. The highest BCUT2D eigenvalue weighted by Gasteiger charge is 2.10. The Hall–Kier alpha value is -1.58. The molecule has 0 aliphatic rings. The smallest absolute Gasteiger partial charge is 0.271 e. The van der Waals surface area contributed by atoms with Crippen LogP contribution in [0.25, 0.3) is 0 Å². The molecule has 0 bridgehead atoms. The first kappa shape index (κ1) is 13.5. The number of hydrogen-bond acceptors (Lipinski definition) is 3. The van der Waals surface area contributed by atoms with Crippen molar-refractivity contribution in [1.82, 2.24) is 0 Å². The van der Waals surface area contributed by atoms with Gasteiger partial charge in [0.1, 0.15) is 0 Å². The van der Waals surface area contributed by atoms with E-state index in [0.717, 1.165) is 17.8 Å². The first-order valence-electron chi connectivity index (χ1n) is 5.90. The van der Waals surface area contributed by atoms with Gasteiger partial charge in [-0.1, -0.05) is 20.8 Å². The van der Waals surface area contributed by atoms with Gasteiger partial charge in [0, 0.05) is 24.4 Å². The molecule has 1 atom stereocenters. The maximum atomic E-state index is 10.7. The Balaban J connectivity index is 2.74. The van der Waals surface area contributed by atoms with Crippen molar-refractivity contribution in [3.05, 3.63) is 33.9 Å². The molecule has 1 rings (SSSR count). The Labute approximate surface area is 102 Å². The van der Waals surface area contributed by atoms with Crippen LogP contribution < -0.4 is 5.32 Å². The van der Waals surface area contributed by atoms with Crippen LogP contribution in [-0.2, 0) is 0 Å². The standard InChI is InChI=1S/C13H20N2O2/c1-9(2)11(4)8-14-12-5-10(3)6-13(7-12)15(16)17/h5-7,9,11,14H,8H2,1-4H3. The summed E-state index contributed by atoms with van der Waals surface area (Å²) in [5.74, 6) is 1.14. The summed E-state index contributed by atoms with van der Waals surface area (Å²) in [5.41, 5.74) is 1.87. The lowest BCUT2D eigenvalue weighted by Crippen LogP contribution is -2.16. The minimum absolute atomic E-state index is 0.143. The number of aryl methyl sites for hydroxylation is 1. The number of benzene rings is 1. The highest BCUT2D eigenvalue weighted by atomic mass is 16.6. The summed E-state index contributed by atoms with van der Waals surface area (Å²) in [7, 11) is 0. The molecule has 0 aromatic heterocycles. The van der Waals surface area contributed by atoms with Crippen LogP contribution >= 0.6 is 0 Å². The zero-order valence-corrected chi connectivity index (χ0v) is 10.9. The lowest BCUT2D eigenvalue weighted by atomic mass is 9.98. The minimum Gasteiger partial charge on any atom is -0.385 e. The Morgan fingerprint density at radius 2 is 1.94 bits per heavy atom. The fraction of sp³-hybridized carbons (Fsp3) is 0.538. The normalized spacial score (nSPS) is 12.5. The molecule has 17 heavy (non-hydrogen) atoms. The quantitative estimate of drug-likeness (QED) is 0.627. The molecular formula is C13H20N2O2. The lowest BCUT2D eigenvalue weighted by Gasteiger charge is -2.17. The SMILES string of the molecule is Cc1cc(NCC(C)C(C)C)cc([N+](=O)[O-])c1. The first-order valence-corrected chi connectivity index (χ1v) is 5.90. The second-order valence-corrected chi connectivity index (χ2v) is 4.92. The molecule has 0 radical (unpaired) electrons. The molecule has 1 aromatic rings. The molecule has 0 fully saturated rings. The summed E-state index contributed by atoms with van der Waals surface area (Å²) in [4.78, 5) is 10.4. The number of rotatable bonds is 5.